The lowest BCUT2D eigenvalue weighted by atomic mass is 9.98. The molecule has 0 radical (unpaired) electrons. The predicted octanol–water partition coefficient (Wildman–Crippen LogP) is -0.0487. The van der Waals surface area contributed by atoms with Crippen molar-refractivity contribution < 1.29 is 12.9 Å². The second-order valence-electron chi connectivity index (χ2n) is 5.42. The van der Waals surface area contributed by atoms with Crippen molar-refractivity contribution in [3.8, 4) is 22.5 Å². The van der Waals surface area contributed by atoms with Crippen LogP contribution < -0.4 is 9.65 Å². The molecule has 0 saturated heterocycles. The number of H-pyrrole nitrogens is 2. The summed E-state index contributed by atoms with van der Waals surface area (Å²) < 4.78 is 26.2. The van der Waals surface area contributed by atoms with Crippen molar-refractivity contribution in [2.45, 2.75) is 11.8 Å². The fourth-order valence-corrected chi connectivity index (χ4v) is 3.87. The highest BCUT2D eigenvalue weighted by Crippen LogP contribution is 2.37. The van der Waals surface area contributed by atoms with Crippen molar-refractivity contribution in [1.82, 2.24) is 30.7 Å². The van der Waals surface area contributed by atoms with Crippen molar-refractivity contribution in [3.63, 3.8) is 0 Å². The number of rotatable bonds is 3. The highest BCUT2D eigenvalue weighted by atomic mass is 32.2. The number of aromatic amines is 2. The molecule has 0 aliphatic carbocycles. The Kier molecular flexibility index (Phi) is 3.33. The standard InChI is InChI=1S/C14H12N8O2S/c1-8-4-5-9(10-3-2-6-22-14(10)16-7-17-22)11(12(8)25(15,23)24)13-18-20-21-19-13/h2-7H,1H3,(H3,15,18,19,20,21,23,24)/p+1. The Hall–Kier alpha value is -3.18. The zero-order chi connectivity index (χ0) is 17.6. The Labute approximate surface area is 141 Å². The second kappa shape index (κ2) is 5.43. The summed E-state index contributed by atoms with van der Waals surface area (Å²) in [6.07, 6.45) is 3.34. The lowest BCUT2D eigenvalue weighted by Gasteiger charge is -2.13. The van der Waals surface area contributed by atoms with Gasteiger partial charge in [-0.2, -0.15) is 10.3 Å². The van der Waals surface area contributed by atoms with E-state index in [-0.39, 0.29) is 16.3 Å². The van der Waals surface area contributed by atoms with Gasteiger partial charge in [0.2, 0.25) is 22.2 Å². The lowest BCUT2D eigenvalue weighted by Crippen LogP contribution is -2.22. The van der Waals surface area contributed by atoms with Crippen LogP contribution >= 0.6 is 0 Å². The van der Waals surface area contributed by atoms with E-state index in [1.807, 2.05) is 12.1 Å². The second-order valence-corrected chi connectivity index (χ2v) is 6.92. The average Bonchev–Trinajstić information content (AvgIpc) is 3.24. The van der Waals surface area contributed by atoms with Gasteiger partial charge in [-0.1, -0.05) is 12.1 Å². The van der Waals surface area contributed by atoms with Crippen LogP contribution in [0, 0.1) is 6.92 Å². The monoisotopic (exact) mass is 357 g/mol. The lowest BCUT2D eigenvalue weighted by molar-refractivity contribution is -0.577. The van der Waals surface area contributed by atoms with Crippen LogP contribution in [-0.2, 0) is 10.0 Å². The van der Waals surface area contributed by atoms with Gasteiger partial charge in [0.25, 0.3) is 0 Å². The van der Waals surface area contributed by atoms with Gasteiger partial charge in [0, 0.05) is 5.56 Å². The van der Waals surface area contributed by atoms with Gasteiger partial charge in [0.1, 0.15) is 6.20 Å². The van der Waals surface area contributed by atoms with Gasteiger partial charge in [-0.3, -0.25) is 0 Å². The predicted molar refractivity (Wildman–Crippen MR) is 86.5 cm³/mol. The first-order chi connectivity index (χ1) is 12.0. The van der Waals surface area contributed by atoms with Crippen molar-refractivity contribution in [1.29, 1.82) is 0 Å². The van der Waals surface area contributed by atoms with E-state index >= 15 is 0 Å². The number of nitrogens with two attached hydrogens (primary N) is 1. The first-order valence-electron chi connectivity index (χ1n) is 7.21. The smallest absolute Gasteiger partial charge is 0.225 e. The largest absolute Gasteiger partial charge is 0.356 e. The third-order valence-electron chi connectivity index (χ3n) is 3.85. The van der Waals surface area contributed by atoms with Crippen LogP contribution in [0.4, 0.5) is 0 Å². The molecule has 1 aromatic carbocycles. The zero-order valence-corrected chi connectivity index (χ0v) is 13.8. The molecule has 11 heteroatoms. The Balaban J connectivity index is 2.16. The quantitative estimate of drug-likeness (QED) is 0.438. The molecular formula is C14H13N8O2S+. The summed E-state index contributed by atoms with van der Waals surface area (Å²) in [4.78, 5) is 4.26. The summed E-state index contributed by atoms with van der Waals surface area (Å²) in [5.41, 5.74) is 2.69. The third kappa shape index (κ3) is 2.45. The van der Waals surface area contributed by atoms with Gasteiger partial charge < -0.3 is 0 Å². The van der Waals surface area contributed by atoms with E-state index in [9.17, 15) is 8.42 Å². The molecule has 25 heavy (non-hydrogen) atoms. The maximum absolute atomic E-state index is 12.2. The normalized spacial score (nSPS) is 11.9. The van der Waals surface area contributed by atoms with Gasteiger partial charge in [-0.25, -0.2) is 13.6 Å². The summed E-state index contributed by atoms with van der Waals surface area (Å²) in [7, 11) is -4.02. The van der Waals surface area contributed by atoms with Crippen LogP contribution in [0.25, 0.3) is 28.2 Å². The zero-order valence-electron chi connectivity index (χ0n) is 13.0. The first kappa shape index (κ1) is 15.4. The van der Waals surface area contributed by atoms with Gasteiger partial charge >= 0.3 is 5.65 Å². The molecule has 0 spiro atoms. The van der Waals surface area contributed by atoms with Crippen LogP contribution in [0.5, 0.6) is 0 Å². The van der Waals surface area contributed by atoms with E-state index < -0.39 is 10.0 Å². The minimum absolute atomic E-state index is 0.0380. The number of nitrogens with one attached hydrogen (secondary N) is 2. The van der Waals surface area contributed by atoms with E-state index in [4.69, 9.17) is 5.14 Å². The number of sulfonamides is 1. The first-order valence-corrected chi connectivity index (χ1v) is 8.76. The SMILES string of the molecule is Cc1ccc(-c2ccc[n+]3[nH]cnc23)c(-c2nn[nH]n2)c1S(N)(=O)=O. The summed E-state index contributed by atoms with van der Waals surface area (Å²) >= 11 is 0. The maximum Gasteiger partial charge on any atom is 0.356 e. The number of hydrogen-bond acceptors (Lipinski definition) is 6. The average molecular weight is 357 g/mol. The van der Waals surface area contributed by atoms with Gasteiger partial charge in [0.05, 0.1) is 16.0 Å². The van der Waals surface area contributed by atoms with Gasteiger partial charge in [0.15, 0.2) is 0 Å². The number of primary sulfonamides is 1. The number of benzene rings is 1. The molecule has 0 fully saturated rings. The van der Waals surface area contributed by atoms with Crippen molar-refractivity contribution in [2.24, 2.45) is 5.14 Å². The van der Waals surface area contributed by atoms with Crippen LogP contribution in [-0.4, -0.2) is 39.1 Å². The molecule has 0 aliphatic rings. The van der Waals surface area contributed by atoms with Gasteiger partial charge in [-0.15, -0.1) is 14.7 Å². The van der Waals surface area contributed by atoms with Crippen LogP contribution in [0.15, 0.2) is 41.7 Å². The van der Waals surface area contributed by atoms with E-state index in [1.54, 1.807) is 36.1 Å². The molecule has 0 atom stereocenters. The van der Waals surface area contributed by atoms with Gasteiger partial charge in [-0.05, 0) is 34.8 Å². The third-order valence-corrected chi connectivity index (χ3v) is 4.94. The molecule has 4 N–H and O–H groups in total. The number of aryl methyl sites for hydroxylation is 1. The highest BCUT2D eigenvalue weighted by molar-refractivity contribution is 7.89. The number of fused-ring (bicyclic) bond motifs is 1. The maximum atomic E-state index is 12.2. The fourth-order valence-electron chi connectivity index (χ4n) is 2.87. The van der Waals surface area contributed by atoms with Crippen molar-refractivity contribution in [3.05, 3.63) is 42.4 Å². The number of nitrogens with zero attached hydrogens (tertiary/aromatic N) is 5. The van der Waals surface area contributed by atoms with E-state index in [0.29, 0.717) is 22.3 Å². The van der Waals surface area contributed by atoms with Crippen LogP contribution in [0.1, 0.15) is 5.56 Å². The summed E-state index contributed by atoms with van der Waals surface area (Å²) in [6, 6.07) is 7.13. The molecule has 0 aliphatic heterocycles. The highest BCUT2D eigenvalue weighted by Gasteiger charge is 2.27. The summed E-state index contributed by atoms with van der Waals surface area (Å²) in [5, 5.41) is 22.2. The number of tetrazole rings is 1. The minimum atomic E-state index is -4.02. The van der Waals surface area contributed by atoms with Crippen molar-refractivity contribution in [2.75, 3.05) is 0 Å². The Bertz CT molecular complexity index is 1180. The Morgan fingerprint density at radius 2 is 2.04 bits per heavy atom. The molecule has 0 amide bonds. The van der Waals surface area contributed by atoms with Crippen LogP contribution in [0.3, 0.4) is 0 Å². The number of pyridine rings is 1. The van der Waals surface area contributed by atoms with E-state index in [0.717, 1.165) is 0 Å². The molecule has 3 aromatic heterocycles. The topological polar surface area (TPSA) is 147 Å². The summed E-state index contributed by atoms with van der Waals surface area (Å²) in [5.74, 6) is 0.139. The van der Waals surface area contributed by atoms with Crippen molar-refractivity contribution >= 4 is 15.7 Å². The van der Waals surface area contributed by atoms with E-state index in [1.165, 1.54) is 0 Å². The van der Waals surface area contributed by atoms with Crippen LogP contribution in [0.2, 0.25) is 0 Å². The molecule has 126 valence electrons. The Morgan fingerprint density at radius 3 is 2.76 bits per heavy atom. The molecular weight excluding hydrogens is 344 g/mol. The fraction of sp³-hybridized carbons (Fsp3) is 0.0714. The molecule has 3 heterocycles. The molecule has 4 aromatic rings. The summed E-state index contributed by atoms with van der Waals surface area (Å²) in [6.45, 7) is 1.66. The molecule has 10 nitrogen and oxygen atoms in total. The number of aromatic nitrogens is 7. The number of hydrogen-bond donors (Lipinski definition) is 3. The Morgan fingerprint density at radius 1 is 1.20 bits per heavy atom. The molecule has 0 unspecified atom stereocenters. The molecule has 4 rings (SSSR count). The molecule has 0 bridgehead atoms. The minimum Gasteiger partial charge on any atom is -0.225 e. The molecule has 0 saturated carbocycles. The van der Waals surface area contributed by atoms with E-state index in [2.05, 4.69) is 30.7 Å².